The van der Waals surface area contributed by atoms with Gasteiger partial charge in [0.05, 0.1) is 16.8 Å². The lowest BCUT2D eigenvalue weighted by atomic mass is 9.98. The molecule has 3 rings (SSSR count). The first-order chi connectivity index (χ1) is 9.89. The summed E-state index contributed by atoms with van der Waals surface area (Å²) >= 11 is 7.40. The Hall–Kier alpha value is -1.20. The summed E-state index contributed by atoms with van der Waals surface area (Å²) in [5.74, 6) is -0.212. The molecule has 0 radical (unpaired) electrons. The monoisotopic (exact) mass is 324 g/mol. The maximum Gasteiger partial charge on any atom is 0.313 e. The molecule has 0 aliphatic heterocycles. The normalized spacial score (nSPS) is 15.6. The average molecular weight is 325 g/mol. The molecule has 112 valence electrons. The Bertz CT molecular complexity index is 707. The second kappa shape index (κ2) is 5.21. The summed E-state index contributed by atoms with van der Waals surface area (Å²) in [6.07, 6.45) is 2.41. The van der Waals surface area contributed by atoms with Crippen molar-refractivity contribution in [3.8, 4) is 0 Å². The van der Waals surface area contributed by atoms with Gasteiger partial charge in [0.15, 0.2) is 5.16 Å². The first kappa shape index (κ1) is 14.7. The molecular formula is C15H17ClN2O2S. The zero-order valence-corrected chi connectivity index (χ0v) is 13.5. The predicted molar refractivity (Wildman–Crippen MR) is 85.1 cm³/mol. The second-order valence-electron chi connectivity index (χ2n) is 5.97. The van der Waals surface area contributed by atoms with Crippen molar-refractivity contribution in [3.05, 3.63) is 23.2 Å². The van der Waals surface area contributed by atoms with Crippen LogP contribution in [0.15, 0.2) is 23.4 Å². The third kappa shape index (κ3) is 2.77. The number of imidazole rings is 1. The molecule has 0 unspecified atom stereocenters. The highest BCUT2D eigenvalue weighted by molar-refractivity contribution is 7.99. The summed E-state index contributed by atoms with van der Waals surface area (Å²) in [7, 11) is 0. The Kier molecular flexibility index (Phi) is 3.66. The Morgan fingerprint density at radius 1 is 1.52 bits per heavy atom. The third-order valence-electron chi connectivity index (χ3n) is 4.06. The fourth-order valence-corrected chi connectivity index (χ4v) is 3.82. The smallest absolute Gasteiger partial charge is 0.313 e. The van der Waals surface area contributed by atoms with Crippen molar-refractivity contribution in [1.82, 2.24) is 9.55 Å². The molecule has 1 aromatic heterocycles. The Morgan fingerprint density at radius 2 is 2.24 bits per heavy atom. The first-order valence-electron chi connectivity index (χ1n) is 6.92. The number of benzene rings is 1. The molecule has 21 heavy (non-hydrogen) atoms. The number of aliphatic carboxylic acids is 1. The van der Waals surface area contributed by atoms with Crippen LogP contribution in [0.1, 0.15) is 26.7 Å². The van der Waals surface area contributed by atoms with Crippen LogP contribution in [-0.2, 0) is 10.3 Å². The van der Waals surface area contributed by atoms with E-state index in [1.807, 2.05) is 18.2 Å². The molecule has 1 fully saturated rings. The van der Waals surface area contributed by atoms with Gasteiger partial charge >= 0.3 is 5.97 Å². The summed E-state index contributed by atoms with van der Waals surface area (Å²) < 4.78 is 2.17. The van der Waals surface area contributed by atoms with Crippen molar-refractivity contribution < 1.29 is 9.90 Å². The zero-order valence-electron chi connectivity index (χ0n) is 12.0. The van der Waals surface area contributed by atoms with E-state index in [4.69, 9.17) is 16.7 Å². The van der Waals surface area contributed by atoms with Crippen molar-refractivity contribution in [2.45, 2.75) is 37.4 Å². The molecule has 1 aliphatic carbocycles. The molecule has 1 N–H and O–H groups in total. The van der Waals surface area contributed by atoms with E-state index in [0.717, 1.165) is 16.2 Å². The lowest BCUT2D eigenvalue weighted by molar-refractivity contribution is -0.133. The van der Waals surface area contributed by atoms with Crippen molar-refractivity contribution in [2.24, 2.45) is 5.92 Å². The third-order valence-corrected chi connectivity index (χ3v) is 5.22. The Morgan fingerprint density at radius 3 is 2.86 bits per heavy atom. The van der Waals surface area contributed by atoms with Gasteiger partial charge in [0.25, 0.3) is 0 Å². The van der Waals surface area contributed by atoms with Gasteiger partial charge in [-0.3, -0.25) is 4.79 Å². The summed E-state index contributed by atoms with van der Waals surface area (Å²) in [5.41, 5.74) is 1.76. The highest BCUT2D eigenvalue weighted by Gasteiger charge is 2.41. The fourth-order valence-electron chi connectivity index (χ4n) is 2.78. The van der Waals surface area contributed by atoms with Crippen LogP contribution < -0.4 is 0 Å². The van der Waals surface area contributed by atoms with E-state index in [9.17, 15) is 4.79 Å². The van der Waals surface area contributed by atoms with Crippen LogP contribution in [0.5, 0.6) is 0 Å². The van der Waals surface area contributed by atoms with Gasteiger partial charge in [-0.05, 0) is 50.8 Å². The van der Waals surface area contributed by atoms with Crippen molar-refractivity contribution >= 4 is 40.4 Å². The van der Waals surface area contributed by atoms with Crippen molar-refractivity contribution in [1.29, 1.82) is 0 Å². The maximum atomic E-state index is 10.9. The molecule has 0 amide bonds. The summed E-state index contributed by atoms with van der Waals surface area (Å²) in [6.45, 7) is 4.38. The summed E-state index contributed by atoms with van der Waals surface area (Å²) in [5, 5.41) is 10.4. The van der Waals surface area contributed by atoms with Crippen LogP contribution >= 0.6 is 23.4 Å². The van der Waals surface area contributed by atoms with Gasteiger partial charge in [-0.15, -0.1) is 0 Å². The lowest BCUT2D eigenvalue weighted by Crippen LogP contribution is -2.29. The molecule has 0 atom stereocenters. The predicted octanol–water partition coefficient (Wildman–Crippen LogP) is 4.01. The van der Waals surface area contributed by atoms with Gasteiger partial charge in [0.1, 0.15) is 0 Å². The molecule has 4 nitrogen and oxygen atoms in total. The first-order valence-corrected chi connectivity index (χ1v) is 8.29. The van der Waals surface area contributed by atoms with E-state index in [2.05, 4.69) is 23.4 Å². The standard InChI is InChI=1S/C15H17ClN2O2S/c1-15(2,9-3-4-9)18-12-7-10(16)5-6-11(12)17-14(18)21-8-13(19)20/h5-7,9H,3-4,8H2,1-2H3,(H,19,20). The largest absolute Gasteiger partial charge is 0.481 e. The van der Waals surface area contributed by atoms with E-state index < -0.39 is 5.97 Å². The molecule has 1 aromatic carbocycles. The molecule has 1 aliphatic rings. The number of hydrogen-bond acceptors (Lipinski definition) is 3. The van der Waals surface area contributed by atoms with E-state index in [1.54, 1.807) is 0 Å². The van der Waals surface area contributed by atoms with Crippen molar-refractivity contribution in [2.75, 3.05) is 5.75 Å². The molecule has 6 heteroatoms. The number of rotatable bonds is 5. The SMILES string of the molecule is CC(C)(C1CC1)n1c(SCC(=O)O)nc2ccc(Cl)cc21. The maximum absolute atomic E-state index is 10.9. The summed E-state index contributed by atoms with van der Waals surface area (Å²) in [4.78, 5) is 15.5. The highest BCUT2D eigenvalue weighted by Crippen LogP contribution is 2.46. The number of fused-ring (bicyclic) bond motifs is 1. The van der Waals surface area contributed by atoms with E-state index in [1.165, 1.54) is 24.6 Å². The van der Waals surface area contributed by atoms with Crippen LogP contribution in [0.3, 0.4) is 0 Å². The van der Waals surface area contributed by atoms with E-state index in [0.29, 0.717) is 10.9 Å². The molecule has 1 heterocycles. The number of carbonyl (C=O) groups is 1. The minimum Gasteiger partial charge on any atom is -0.481 e. The average Bonchev–Trinajstić information content (AvgIpc) is 3.18. The molecule has 0 saturated heterocycles. The lowest BCUT2D eigenvalue weighted by Gasteiger charge is -2.29. The van der Waals surface area contributed by atoms with Crippen molar-refractivity contribution in [3.63, 3.8) is 0 Å². The van der Waals surface area contributed by atoms with Gasteiger partial charge < -0.3 is 9.67 Å². The minimum absolute atomic E-state index is 0.0117. The number of carboxylic acids is 1. The number of halogens is 1. The highest BCUT2D eigenvalue weighted by atomic mass is 35.5. The molecule has 0 spiro atoms. The second-order valence-corrected chi connectivity index (χ2v) is 7.35. The van der Waals surface area contributed by atoms with Crippen LogP contribution in [0.25, 0.3) is 11.0 Å². The molecule has 2 aromatic rings. The van der Waals surface area contributed by atoms with Gasteiger partial charge in [0, 0.05) is 10.6 Å². The van der Waals surface area contributed by atoms with Gasteiger partial charge in [-0.25, -0.2) is 4.98 Å². The zero-order chi connectivity index (χ0) is 15.2. The van der Waals surface area contributed by atoms with Gasteiger partial charge in [-0.2, -0.15) is 0 Å². The minimum atomic E-state index is -0.833. The number of hydrogen-bond donors (Lipinski definition) is 1. The Labute approximate surface area is 132 Å². The van der Waals surface area contributed by atoms with Crippen LogP contribution in [-0.4, -0.2) is 26.4 Å². The number of aromatic nitrogens is 2. The van der Waals surface area contributed by atoms with Crippen LogP contribution in [0.4, 0.5) is 0 Å². The summed E-state index contributed by atoms with van der Waals surface area (Å²) in [6, 6.07) is 5.62. The van der Waals surface area contributed by atoms with E-state index in [-0.39, 0.29) is 11.3 Å². The Balaban J connectivity index is 2.13. The number of carboxylic acid groups (broad SMARTS) is 1. The molecule has 1 saturated carbocycles. The van der Waals surface area contributed by atoms with Crippen LogP contribution in [0.2, 0.25) is 5.02 Å². The van der Waals surface area contributed by atoms with Gasteiger partial charge in [-0.1, -0.05) is 23.4 Å². The van der Waals surface area contributed by atoms with E-state index >= 15 is 0 Å². The number of thioether (sulfide) groups is 1. The molecular weight excluding hydrogens is 308 g/mol. The van der Waals surface area contributed by atoms with Crippen LogP contribution in [0, 0.1) is 5.92 Å². The van der Waals surface area contributed by atoms with Gasteiger partial charge in [0.2, 0.25) is 0 Å². The fraction of sp³-hybridized carbons (Fsp3) is 0.467. The topological polar surface area (TPSA) is 55.1 Å². The quantitative estimate of drug-likeness (QED) is 0.844. The molecule has 0 bridgehead atoms. The number of nitrogens with zero attached hydrogens (tertiary/aromatic N) is 2.